The molecule has 0 radical (unpaired) electrons. The molecule has 1 aromatic carbocycles. The number of rotatable bonds is 20. The summed E-state index contributed by atoms with van der Waals surface area (Å²) in [5.41, 5.74) is 0.0476. The van der Waals surface area contributed by atoms with Crippen LogP contribution in [0.2, 0.25) is 61.9 Å². The fraction of sp³-hybridized carbons (Fsp3) is 0.812. The molecule has 3 aliphatic heterocycles. The molecule has 18 heteroatoms. The van der Waals surface area contributed by atoms with Crippen LogP contribution in [-0.2, 0) is 58.1 Å². The Labute approximate surface area is 398 Å². The molecule has 0 unspecified atom stereocenters. The second-order valence-corrected chi connectivity index (χ2v) is 38.6. The van der Waals surface area contributed by atoms with Gasteiger partial charge in [-0.2, -0.15) is 0 Å². The standard InChI is InChI=1S/C48H85NO14Si3/c1-31(32(2)62-65(15,16)46(3,4)5)36(63-66(17,18)47(6,7)8)27-35(50)38(56-28-33-22-20-19-21-23-33)42(51)49(44(52)55-24-25-64(12,13)14)43-40-39(58-30-59-43)41(54-11)48(9,10)37(61-40)26-34-29-57-45(53)60-34/h19-23,31-32,34-41,43,50H,24-30H2,1-18H3/t31-,32+,34-,35-,36+,37+,38+,39-,40-,41+,43-/m0/s1. The molecule has 0 bridgehead atoms. The first-order valence-electron chi connectivity index (χ1n) is 23.7. The third-order valence-electron chi connectivity index (χ3n) is 14.6. The number of hydrogen-bond acceptors (Lipinski definition) is 14. The summed E-state index contributed by atoms with van der Waals surface area (Å²) >= 11 is 0. The van der Waals surface area contributed by atoms with Gasteiger partial charge in [0, 0.05) is 45.5 Å². The Balaban J connectivity index is 1.81. The Hall–Kier alpha value is -2.24. The number of aliphatic hydroxyl groups is 1. The number of aliphatic hydroxyl groups excluding tert-OH is 1. The van der Waals surface area contributed by atoms with E-state index in [1.165, 1.54) is 0 Å². The van der Waals surface area contributed by atoms with Crippen molar-refractivity contribution in [3.63, 3.8) is 0 Å². The van der Waals surface area contributed by atoms with Crippen molar-refractivity contribution < 1.29 is 66.2 Å². The third kappa shape index (κ3) is 14.2. The number of carbonyl (C=O) groups excluding carboxylic acids is 3. The molecule has 2 amide bonds. The second kappa shape index (κ2) is 22.2. The maximum atomic E-state index is 15.6. The Kier molecular flexibility index (Phi) is 19.0. The highest BCUT2D eigenvalue weighted by atomic mass is 28.4. The molecule has 0 aliphatic carbocycles. The predicted octanol–water partition coefficient (Wildman–Crippen LogP) is 9.50. The second-order valence-electron chi connectivity index (χ2n) is 23.4. The number of amides is 2. The maximum absolute atomic E-state index is 15.6. The van der Waals surface area contributed by atoms with Crippen LogP contribution >= 0.6 is 0 Å². The van der Waals surface area contributed by atoms with Crippen molar-refractivity contribution >= 4 is 42.9 Å². The zero-order valence-corrected chi connectivity index (χ0v) is 46.4. The van der Waals surface area contributed by atoms with Crippen molar-refractivity contribution in [1.82, 2.24) is 4.90 Å². The van der Waals surface area contributed by atoms with Gasteiger partial charge >= 0.3 is 12.2 Å². The number of cyclic esters (lactones) is 2. The molecule has 3 aliphatic rings. The lowest BCUT2D eigenvalue weighted by Crippen LogP contribution is -2.70. The molecule has 0 aromatic heterocycles. The molecule has 1 N–H and O–H groups in total. The van der Waals surface area contributed by atoms with E-state index in [0.29, 0.717) is 6.04 Å². The summed E-state index contributed by atoms with van der Waals surface area (Å²) in [6.45, 7) is 36.2. The van der Waals surface area contributed by atoms with Crippen LogP contribution in [0, 0.1) is 11.3 Å². The third-order valence-corrected chi connectivity index (χ3v) is 25.4. The first-order chi connectivity index (χ1) is 30.3. The van der Waals surface area contributed by atoms with Gasteiger partial charge in [0.1, 0.15) is 31.7 Å². The number of hydrogen-bond donors (Lipinski definition) is 1. The van der Waals surface area contributed by atoms with Crippen molar-refractivity contribution in [2.75, 3.05) is 27.1 Å². The minimum atomic E-state index is -2.49. The molecule has 3 heterocycles. The minimum Gasteiger partial charge on any atom is -0.449 e. The van der Waals surface area contributed by atoms with E-state index in [0.717, 1.165) is 10.5 Å². The van der Waals surface area contributed by atoms with Crippen molar-refractivity contribution in [2.45, 2.75) is 212 Å². The Morgan fingerprint density at radius 3 is 2.06 bits per heavy atom. The van der Waals surface area contributed by atoms with E-state index in [-0.39, 0.29) is 61.6 Å². The molecule has 0 saturated carbocycles. The first kappa shape index (κ1) is 56.3. The fourth-order valence-electron chi connectivity index (χ4n) is 8.07. The summed E-state index contributed by atoms with van der Waals surface area (Å²) < 4.78 is 62.5. The highest BCUT2D eigenvalue weighted by molar-refractivity contribution is 6.76. The fourth-order valence-corrected chi connectivity index (χ4v) is 11.7. The molecular weight excluding hydrogens is 899 g/mol. The number of ether oxygens (including phenoxy) is 8. The van der Waals surface area contributed by atoms with Gasteiger partial charge < -0.3 is 51.9 Å². The Bertz CT molecular complexity index is 1750. The summed E-state index contributed by atoms with van der Waals surface area (Å²) in [5.74, 6) is -1.09. The van der Waals surface area contributed by atoms with Crippen LogP contribution in [0.25, 0.3) is 0 Å². The predicted molar refractivity (Wildman–Crippen MR) is 260 cm³/mol. The lowest BCUT2D eigenvalue weighted by atomic mass is 9.72. The summed E-state index contributed by atoms with van der Waals surface area (Å²) in [4.78, 5) is 43.2. The van der Waals surface area contributed by atoms with Gasteiger partial charge in [0.2, 0.25) is 0 Å². The van der Waals surface area contributed by atoms with E-state index in [1.807, 2.05) is 44.2 Å². The normalized spacial score (nSPS) is 26.3. The summed E-state index contributed by atoms with van der Waals surface area (Å²) in [6.07, 6.45) is -10.6. The summed E-state index contributed by atoms with van der Waals surface area (Å²) in [6, 6.07) is 9.97. The molecule has 4 rings (SSSR count). The van der Waals surface area contributed by atoms with E-state index in [2.05, 4.69) is 101 Å². The topological polar surface area (TPSA) is 167 Å². The molecule has 15 nitrogen and oxygen atoms in total. The van der Waals surface area contributed by atoms with Gasteiger partial charge in [-0.25, -0.2) is 14.5 Å². The van der Waals surface area contributed by atoms with Crippen LogP contribution in [-0.4, -0.2) is 141 Å². The SMILES string of the molecule is CO[C@@H]1[C@H]2OCO[C@H](N(C(=O)OCC[Si](C)(C)C)C(=O)[C@H](OCc3ccccc3)[C@@H](O)C[C@@H](O[Si](C)(C)C(C)(C)C)[C@@H](C)[C@@H](C)O[Si](C)(C)C(C)(C)C)[C@H]2O[C@H](C[C@H]2COC(=O)O2)C1(C)C. The molecule has 1 aromatic rings. The van der Waals surface area contributed by atoms with Gasteiger partial charge in [0.05, 0.1) is 37.6 Å². The van der Waals surface area contributed by atoms with Gasteiger partial charge in [-0.1, -0.05) is 112 Å². The quantitative estimate of drug-likeness (QED) is 0.0969. The molecule has 11 atom stereocenters. The number of nitrogens with zero attached hydrogens (tertiary/aromatic N) is 1. The summed E-state index contributed by atoms with van der Waals surface area (Å²) in [5, 5.41) is 12.4. The lowest BCUT2D eigenvalue weighted by molar-refractivity contribution is -0.342. The van der Waals surface area contributed by atoms with Gasteiger partial charge in [0.25, 0.3) is 5.91 Å². The molecule has 0 spiro atoms. The Morgan fingerprint density at radius 2 is 1.52 bits per heavy atom. The smallest absolute Gasteiger partial charge is 0.449 e. The zero-order valence-electron chi connectivity index (χ0n) is 43.4. The monoisotopic (exact) mass is 984 g/mol. The van der Waals surface area contributed by atoms with Crippen LogP contribution in [0.5, 0.6) is 0 Å². The van der Waals surface area contributed by atoms with Crippen molar-refractivity contribution in [3.05, 3.63) is 35.9 Å². The molecular formula is C48H85NO14Si3. The number of imide groups is 1. The number of carbonyl (C=O) groups is 3. The van der Waals surface area contributed by atoms with Crippen LogP contribution in [0.3, 0.4) is 0 Å². The van der Waals surface area contributed by atoms with Crippen molar-refractivity contribution in [3.8, 4) is 0 Å². The Morgan fingerprint density at radius 1 is 0.909 bits per heavy atom. The molecule has 3 saturated heterocycles. The van der Waals surface area contributed by atoms with Gasteiger partial charge in [-0.3, -0.25) is 4.79 Å². The highest BCUT2D eigenvalue weighted by Gasteiger charge is 2.59. The molecule has 3 fully saturated rings. The summed E-state index contributed by atoms with van der Waals surface area (Å²) in [7, 11) is -4.87. The first-order valence-corrected chi connectivity index (χ1v) is 33.3. The van der Waals surface area contributed by atoms with Gasteiger partial charge in [0.15, 0.2) is 29.0 Å². The van der Waals surface area contributed by atoms with E-state index < -0.39 is 103 Å². The average Bonchev–Trinajstić information content (AvgIpc) is 3.60. The van der Waals surface area contributed by atoms with Gasteiger partial charge in [-0.15, -0.1) is 0 Å². The van der Waals surface area contributed by atoms with Gasteiger partial charge in [-0.05, 0) is 54.8 Å². The van der Waals surface area contributed by atoms with Crippen LogP contribution in [0.4, 0.5) is 9.59 Å². The number of fused-ring (bicyclic) bond motifs is 1. The zero-order chi connectivity index (χ0) is 49.8. The maximum Gasteiger partial charge on any atom is 0.508 e. The van der Waals surface area contributed by atoms with Crippen molar-refractivity contribution in [1.29, 1.82) is 0 Å². The minimum absolute atomic E-state index is 0.00995. The van der Waals surface area contributed by atoms with Crippen LogP contribution in [0.15, 0.2) is 30.3 Å². The number of methoxy groups -OCH3 is 1. The van der Waals surface area contributed by atoms with E-state index in [1.54, 1.807) is 7.11 Å². The molecule has 378 valence electrons. The van der Waals surface area contributed by atoms with Crippen LogP contribution in [0.1, 0.15) is 87.6 Å². The van der Waals surface area contributed by atoms with Crippen molar-refractivity contribution in [2.24, 2.45) is 11.3 Å². The molecule has 66 heavy (non-hydrogen) atoms. The van der Waals surface area contributed by atoms with E-state index >= 15 is 4.79 Å². The van der Waals surface area contributed by atoms with E-state index in [9.17, 15) is 14.7 Å². The lowest BCUT2D eigenvalue weighted by Gasteiger charge is -2.55. The van der Waals surface area contributed by atoms with E-state index in [4.69, 9.17) is 46.7 Å². The number of benzene rings is 1. The average molecular weight is 984 g/mol. The highest BCUT2D eigenvalue weighted by Crippen LogP contribution is 2.46. The largest absolute Gasteiger partial charge is 0.508 e. The van der Waals surface area contributed by atoms with Crippen LogP contribution < -0.4 is 0 Å².